The van der Waals surface area contributed by atoms with E-state index in [4.69, 9.17) is 23.2 Å². The molecule has 1 heterocycles. The van der Waals surface area contributed by atoms with E-state index in [1.54, 1.807) is 6.08 Å². The minimum atomic E-state index is -1.14. The topological polar surface area (TPSA) is 24.7 Å². The van der Waals surface area contributed by atoms with Crippen LogP contribution in [0.15, 0.2) is 51.7 Å². The molecule has 0 aliphatic carbocycles. The second kappa shape index (κ2) is 7.15. The first kappa shape index (κ1) is 17.5. The molecule has 0 spiro atoms. The normalized spacial score (nSPS) is 17.4. The number of hydrogen-bond acceptors (Lipinski definition) is 2. The fourth-order valence-corrected chi connectivity index (χ4v) is 2.60. The summed E-state index contributed by atoms with van der Waals surface area (Å²) < 4.78 is 41.1. The summed E-state index contributed by atoms with van der Waals surface area (Å²) in [6.07, 6.45) is 3.97. The molecular formula is C16H11Cl2F3N2. The molecule has 0 unspecified atom stereocenters. The zero-order chi connectivity index (χ0) is 17.1. The zero-order valence-electron chi connectivity index (χ0n) is 12.0. The van der Waals surface area contributed by atoms with Crippen molar-refractivity contribution in [2.24, 2.45) is 9.98 Å². The third-order valence-corrected chi connectivity index (χ3v) is 3.58. The van der Waals surface area contributed by atoms with Gasteiger partial charge in [0.2, 0.25) is 0 Å². The first-order valence-electron chi connectivity index (χ1n) is 6.58. The lowest BCUT2D eigenvalue weighted by Crippen LogP contribution is -2.15. The van der Waals surface area contributed by atoms with Crippen LogP contribution in [0.25, 0.3) is 5.57 Å². The SMILES string of the molecule is C=C1N=C(Cl)C(c2c(F)cc(F)cc2F)=C(Cl)C1=N/C=C\CC. The molecule has 0 saturated carbocycles. The highest BCUT2D eigenvalue weighted by atomic mass is 35.5. The van der Waals surface area contributed by atoms with Crippen LogP contribution < -0.4 is 0 Å². The van der Waals surface area contributed by atoms with Gasteiger partial charge in [0.1, 0.15) is 28.3 Å². The van der Waals surface area contributed by atoms with Crippen molar-refractivity contribution in [3.05, 3.63) is 64.7 Å². The Morgan fingerprint density at radius 2 is 1.83 bits per heavy atom. The molecular weight excluding hydrogens is 348 g/mol. The van der Waals surface area contributed by atoms with Crippen molar-refractivity contribution in [2.45, 2.75) is 13.3 Å². The molecule has 0 N–H and O–H groups in total. The highest BCUT2D eigenvalue weighted by Gasteiger charge is 2.28. The van der Waals surface area contributed by atoms with Gasteiger partial charge in [0.05, 0.1) is 16.3 Å². The molecule has 1 aromatic carbocycles. The molecule has 0 radical (unpaired) electrons. The number of allylic oxidation sites excluding steroid dienone is 3. The van der Waals surface area contributed by atoms with E-state index in [0.717, 1.165) is 6.42 Å². The van der Waals surface area contributed by atoms with Gasteiger partial charge < -0.3 is 0 Å². The van der Waals surface area contributed by atoms with Crippen LogP contribution in [0.4, 0.5) is 13.2 Å². The highest BCUT2D eigenvalue weighted by molar-refractivity contribution is 6.79. The van der Waals surface area contributed by atoms with Crippen LogP contribution >= 0.6 is 23.2 Å². The number of benzene rings is 1. The van der Waals surface area contributed by atoms with E-state index in [0.29, 0.717) is 12.1 Å². The maximum absolute atomic E-state index is 14.0. The largest absolute Gasteiger partial charge is 0.253 e. The molecule has 0 atom stereocenters. The van der Waals surface area contributed by atoms with Crippen LogP contribution in [-0.4, -0.2) is 10.9 Å². The van der Waals surface area contributed by atoms with Crippen molar-refractivity contribution >= 4 is 39.7 Å². The summed E-state index contributed by atoms with van der Waals surface area (Å²) in [5, 5.41) is -0.358. The van der Waals surface area contributed by atoms with Crippen molar-refractivity contribution in [3.8, 4) is 0 Å². The van der Waals surface area contributed by atoms with Crippen LogP contribution in [-0.2, 0) is 0 Å². The van der Waals surface area contributed by atoms with E-state index >= 15 is 0 Å². The van der Waals surface area contributed by atoms with Crippen molar-refractivity contribution in [1.29, 1.82) is 0 Å². The maximum Gasteiger partial charge on any atom is 0.139 e. The molecule has 0 bridgehead atoms. The van der Waals surface area contributed by atoms with Gasteiger partial charge in [0, 0.05) is 23.9 Å². The Morgan fingerprint density at radius 1 is 1.22 bits per heavy atom. The predicted octanol–water partition coefficient (Wildman–Crippen LogP) is 5.58. The molecule has 1 aliphatic rings. The van der Waals surface area contributed by atoms with Gasteiger partial charge in [0.25, 0.3) is 0 Å². The van der Waals surface area contributed by atoms with Gasteiger partial charge in [-0.2, -0.15) is 0 Å². The van der Waals surface area contributed by atoms with E-state index in [1.165, 1.54) is 6.20 Å². The standard InChI is InChI=1S/C16H11Cl2F3N2/c1-3-4-5-22-15-8(2)23-16(18)13(14(15)17)12-10(20)6-9(19)7-11(12)21/h4-7H,2-3H2,1H3/b5-4-,22-15?. The Labute approximate surface area is 141 Å². The van der Waals surface area contributed by atoms with Gasteiger partial charge in [0.15, 0.2) is 0 Å². The fourth-order valence-electron chi connectivity index (χ4n) is 1.92. The predicted molar refractivity (Wildman–Crippen MR) is 88.4 cm³/mol. The van der Waals surface area contributed by atoms with E-state index in [2.05, 4.69) is 16.6 Å². The Bertz CT molecular complexity index is 770. The lowest BCUT2D eigenvalue weighted by atomic mass is 10.0. The molecule has 23 heavy (non-hydrogen) atoms. The van der Waals surface area contributed by atoms with Gasteiger partial charge >= 0.3 is 0 Å². The molecule has 1 aromatic rings. The molecule has 1 aliphatic heterocycles. The van der Waals surface area contributed by atoms with Crippen LogP contribution in [0.3, 0.4) is 0 Å². The van der Waals surface area contributed by atoms with Crippen molar-refractivity contribution in [1.82, 2.24) is 0 Å². The summed E-state index contributed by atoms with van der Waals surface area (Å²) >= 11 is 12.2. The van der Waals surface area contributed by atoms with Crippen molar-refractivity contribution < 1.29 is 13.2 Å². The van der Waals surface area contributed by atoms with Gasteiger partial charge in [-0.15, -0.1) is 0 Å². The van der Waals surface area contributed by atoms with Crippen molar-refractivity contribution in [3.63, 3.8) is 0 Å². The Kier molecular flexibility index (Phi) is 5.44. The number of dihydropyridines is 1. The van der Waals surface area contributed by atoms with Gasteiger partial charge in [-0.05, 0) is 6.42 Å². The van der Waals surface area contributed by atoms with Gasteiger partial charge in [-0.25, -0.2) is 18.2 Å². The Hall–Kier alpha value is -1.85. The molecule has 7 heteroatoms. The number of hydrogen-bond donors (Lipinski definition) is 0. The fraction of sp³-hybridized carbons (Fsp3) is 0.125. The summed E-state index contributed by atoms with van der Waals surface area (Å²) in [6, 6.07) is 1.08. The summed E-state index contributed by atoms with van der Waals surface area (Å²) in [6.45, 7) is 5.57. The molecule has 120 valence electrons. The average Bonchev–Trinajstić information content (AvgIpc) is 2.45. The number of nitrogens with zero attached hydrogens (tertiary/aromatic N) is 2. The van der Waals surface area contributed by atoms with Gasteiger partial charge in [-0.3, -0.25) is 4.99 Å². The third kappa shape index (κ3) is 3.57. The summed E-state index contributed by atoms with van der Waals surface area (Å²) in [7, 11) is 0. The maximum atomic E-state index is 14.0. The molecule has 0 fully saturated rings. The number of rotatable bonds is 3. The smallest absolute Gasteiger partial charge is 0.139 e. The summed E-state index contributed by atoms with van der Waals surface area (Å²) in [5.41, 5.74) is -0.462. The van der Waals surface area contributed by atoms with Crippen molar-refractivity contribution in [2.75, 3.05) is 0 Å². The second-order valence-electron chi connectivity index (χ2n) is 4.55. The summed E-state index contributed by atoms with van der Waals surface area (Å²) in [4.78, 5) is 7.99. The lowest BCUT2D eigenvalue weighted by molar-refractivity contribution is 0.539. The molecule has 2 rings (SSSR count). The molecule has 0 amide bonds. The Morgan fingerprint density at radius 3 is 2.39 bits per heavy atom. The molecule has 2 nitrogen and oxygen atoms in total. The molecule has 0 aromatic heterocycles. The van der Waals surface area contributed by atoms with E-state index in [-0.39, 0.29) is 27.2 Å². The second-order valence-corrected chi connectivity index (χ2v) is 5.29. The van der Waals surface area contributed by atoms with Crippen LogP contribution in [0, 0.1) is 17.5 Å². The summed E-state index contributed by atoms with van der Waals surface area (Å²) in [5.74, 6) is -3.33. The number of halogens is 5. The van der Waals surface area contributed by atoms with Crippen LogP contribution in [0.2, 0.25) is 0 Å². The Balaban J connectivity index is 2.68. The van der Waals surface area contributed by atoms with Gasteiger partial charge in [-0.1, -0.05) is 42.8 Å². The lowest BCUT2D eigenvalue weighted by Gasteiger charge is -2.18. The quantitative estimate of drug-likeness (QED) is 0.673. The van der Waals surface area contributed by atoms with E-state index in [9.17, 15) is 13.2 Å². The zero-order valence-corrected chi connectivity index (χ0v) is 13.5. The first-order valence-corrected chi connectivity index (χ1v) is 7.34. The minimum absolute atomic E-state index is 0.111. The van der Waals surface area contributed by atoms with E-state index < -0.39 is 23.0 Å². The average molecular weight is 359 g/mol. The minimum Gasteiger partial charge on any atom is -0.253 e. The molecule has 0 saturated heterocycles. The van der Waals surface area contributed by atoms with Crippen LogP contribution in [0.5, 0.6) is 0 Å². The third-order valence-electron chi connectivity index (χ3n) is 2.94. The number of aliphatic imine (C=N–C) groups is 2. The van der Waals surface area contributed by atoms with Crippen LogP contribution in [0.1, 0.15) is 18.9 Å². The highest BCUT2D eigenvalue weighted by Crippen LogP contribution is 2.35. The van der Waals surface area contributed by atoms with E-state index in [1.807, 2.05) is 6.92 Å². The monoisotopic (exact) mass is 358 g/mol. The first-order chi connectivity index (χ1) is 10.9.